The average Bonchev–Trinajstić information content (AvgIpc) is 2.93. The molecule has 0 radical (unpaired) electrons. The molecule has 0 saturated heterocycles. The Labute approximate surface area is 113 Å². The first-order valence-electron chi connectivity index (χ1n) is 6.70. The molecule has 5 nitrogen and oxygen atoms in total. The van der Waals surface area contributed by atoms with Crippen molar-refractivity contribution < 1.29 is 14.0 Å². The summed E-state index contributed by atoms with van der Waals surface area (Å²) in [5.41, 5.74) is 0. The third-order valence-electron chi connectivity index (χ3n) is 3.21. The highest BCUT2D eigenvalue weighted by molar-refractivity contribution is 5.95. The van der Waals surface area contributed by atoms with Crippen molar-refractivity contribution in [2.24, 2.45) is 5.92 Å². The smallest absolute Gasteiger partial charge is 0.287 e. The fourth-order valence-corrected chi connectivity index (χ4v) is 1.72. The molecule has 0 aromatic carbocycles. The van der Waals surface area contributed by atoms with E-state index >= 15 is 0 Å². The van der Waals surface area contributed by atoms with Crippen LogP contribution >= 0.6 is 0 Å². The molecule has 0 spiro atoms. The van der Waals surface area contributed by atoms with Gasteiger partial charge in [-0.25, -0.2) is 0 Å². The molecular formula is C14H22N2O3. The normalized spacial score (nSPS) is 12.2. The first-order valence-corrected chi connectivity index (χ1v) is 6.70. The second kappa shape index (κ2) is 7.61. The number of carbonyl (C=O) groups excluding carboxylic acids is 2. The maximum absolute atomic E-state index is 11.8. The zero-order valence-electron chi connectivity index (χ0n) is 11.7. The van der Waals surface area contributed by atoms with E-state index in [4.69, 9.17) is 4.42 Å². The van der Waals surface area contributed by atoms with Crippen molar-refractivity contribution in [3.05, 3.63) is 24.2 Å². The van der Waals surface area contributed by atoms with Crippen molar-refractivity contribution in [2.75, 3.05) is 6.54 Å². The summed E-state index contributed by atoms with van der Waals surface area (Å²) < 4.78 is 4.97. The number of furan rings is 1. The molecule has 1 atom stereocenters. The van der Waals surface area contributed by atoms with Crippen LogP contribution in [0.2, 0.25) is 0 Å². The molecule has 1 rings (SSSR count). The fraction of sp³-hybridized carbons (Fsp3) is 0.571. The zero-order chi connectivity index (χ0) is 14.3. The van der Waals surface area contributed by atoms with Gasteiger partial charge in [0, 0.05) is 6.54 Å². The fourth-order valence-electron chi connectivity index (χ4n) is 1.72. The molecule has 0 aliphatic carbocycles. The van der Waals surface area contributed by atoms with Gasteiger partial charge in [0.1, 0.15) is 6.04 Å². The molecule has 2 N–H and O–H groups in total. The summed E-state index contributed by atoms with van der Waals surface area (Å²) in [4.78, 5) is 23.5. The first-order chi connectivity index (χ1) is 9.08. The third-order valence-corrected chi connectivity index (χ3v) is 3.21. The molecule has 1 heterocycles. The summed E-state index contributed by atoms with van der Waals surface area (Å²) in [6.45, 7) is 6.50. The molecule has 0 saturated carbocycles. The topological polar surface area (TPSA) is 71.3 Å². The molecule has 5 heteroatoms. The molecule has 2 amide bonds. The number of nitrogens with one attached hydrogen (secondary N) is 2. The van der Waals surface area contributed by atoms with Crippen molar-refractivity contribution in [1.29, 1.82) is 0 Å². The van der Waals surface area contributed by atoms with E-state index in [1.165, 1.54) is 6.26 Å². The van der Waals surface area contributed by atoms with Gasteiger partial charge in [-0.05, 0) is 25.0 Å². The van der Waals surface area contributed by atoms with Gasteiger partial charge in [-0.2, -0.15) is 0 Å². The lowest BCUT2D eigenvalue weighted by atomic mass is 10.0. The maximum Gasteiger partial charge on any atom is 0.287 e. The Hall–Kier alpha value is -1.78. The number of amides is 2. The van der Waals surface area contributed by atoms with E-state index in [-0.39, 0.29) is 17.6 Å². The highest BCUT2D eigenvalue weighted by Gasteiger charge is 2.18. The predicted molar refractivity (Wildman–Crippen MR) is 72.7 cm³/mol. The van der Waals surface area contributed by atoms with Gasteiger partial charge in [-0.3, -0.25) is 9.59 Å². The first kappa shape index (κ1) is 15.3. The van der Waals surface area contributed by atoms with Crippen molar-refractivity contribution in [3.63, 3.8) is 0 Å². The van der Waals surface area contributed by atoms with Crippen molar-refractivity contribution in [1.82, 2.24) is 10.6 Å². The maximum atomic E-state index is 11.8. The molecule has 0 bridgehead atoms. The van der Waals surface area contributed by atoms with Crippen molar-refractivity contribution >= 4 is 11.8 Å². The minimum Gasteiger partial charge on any atom is -0.459 e. The number of hydrogen-bond donors (Lipinski definition) is 2. The van der Waals surface area contributed by atoms with Gasteiger partial charge in [0.2, 0.25) is 5.91 Å². The molecule has 19 heavy (non-hydrogen) atoms. The van der Waals surface area contributed by atoms with E-state index in [0.29, 0.717) is 12.5 Å². The summed E-state index contributed by atoms with van der Waals surface area (Å²) in [5.74, 6) is 0.138. The number of carbonyl (C=O) groups is 2. The van der Waals surface area contributed by atoms with E-state index in [2.05, 4.69) is 24.5 Å². The van der Waals surface area contributed by atoms with Gasteiger partial charge in [0.15, 0.2) is 5.76 Å². The minimum atomic E-state index is -0.577. The van der Waals surface area contributed by atoms with Crippen LogP contribution in [0.3, 0.4) is 0 Å². The summed E-state index contributed by atoms with van der Waals surface area (Å²) in [6, 6.07) is 2.61. The van der Waals surface area contributed by atoms with Crippen LogP contribution in [0.4, 0.5) is 0 Å². The lowest BCUT2D eigenvalue weighted by molar-refractivity contribution is -0.122. The van der Waals surface area contributed by atoms with E-state index in [0.717, 1.165) is 12.8 Å². The van der Waals surface area contributed by atoms with Crippen LogP contribution < -0.4 is 10.6 Å². The molecule has 0 fully saturated rings. The summed E-state index contributed by atoms with van der Waals surface area (Å²) in [5, 5.41) is 5.45. The van der Waals surface area contributed by atoms with Crippen LogP contribution in [0, 0.1) is 5.92 Å². The Morgan fingerprint density at radius 1 is 1.32 bits per heavy atom. The molecule has 106 valence electrons. The lowest BCUT2D eigenvalue weighted by Gasteiger charge is -2.17. The van der Waals surface area contributed by atoms with Crippen LogP contribution in [0.15, 0.2) is 22.8 Å². The van der Waals surface area contributed by atoms with Gasteiger partial charge in [0.25, 0.3) is 5.91 Å². The molecule has 0 aliphatic rings. The third kappa shape index (κ3) is 4.77. The van der Waals surface area contributed by atoms with Crippen LogP contribution in [0.5, 0.6) is 0 Å². The Bertz CT molecular complexity index is 397. The molecular weight excluding hydrogens is 244 g/mol. The lowest BCUT2D eigenvalue weighted by Crippen LogP contribution is -2.45. The van der Waals surface area contributed by atoms with Crippen LogP contribution in [0.25, 0.3) is 0 Å². The van der Waals surface area contributed by atoms with Gasteiger partial charge >= 0.3 is 0 Å². The molecule has 1 aromatic rings. The highest BCUT2D eigenvalue weighted by Crippen LogP contribution is 2.05. The minimum absolute atomic E-state index is 0.174. The van der Waals surface area contributed by atoms with Crippen LogP contribution in [0.1, 0.15) is 44.2 Å². The van der Waals surface area contributed by atoms with Crippen molar-refractivity contribution in [2.45, 2.75) is 39.7 Å². The molecule has 0 aliphatic heterocycles. The standard InChI is InChI=1S/C14H22N2O3/c1-4-11(5-2)9-15-13(17)10(3)16-14(18)12-7-6-8-19-12/h6-8,10-11H,4-5,9H2,1-3H3,(H,15,17)(H,16,18). The van der Waals surface area contributed by atoms with E-state index < -0.39 is 6.04 Å². The van der Waals surface area contributed by atoms with E-state index in [9.17, 15) is 9.59 Å². The van der Waals surface area contributed by atoms with E-state index in [1.807, 2.05) is 0 Å². The van der Waals surface area contributed by atoms with Crippen molar-refractivity contribution in [3.8, 4) is 0 Å². The second-order valence-electron chi connectivity index (χ2n) is 4.60. The van der Waals surface area contributed by atoms with Crippen LogP contribution in [-0.2, 0) is 4.79 Å². The van der Waals surface area contributed by atoms with Gasteiger partial charge in [-0.15, -0.1) is 0 Å². The Morgan fingerprint density at radius 3 is 2.53 bits per heavy atom. The highest BCUT2D eigenvalue weighted by atomic mass is 16.3. The number of rotatable bonds is 7. The quantitative estimate of drug-likeness (QED) is 0.792. The summed E-state index contributed by atoms with van der Waals surface area (Å²) in [6.07, 6.45) is 3.49. The van der Waals surface area contributed by atoms with Gasteiger partial charge in [-0.1, -0.05) is 26.7 Å². The SMILES string of the molecule is CCC(CC)CNC(=O)C(C)NC(=O)c1ccco1. The van der Waals surface area contributed by atoms with Gasteiger partial charge in [0.05, 0.1) is 6.26 Å². The Kier molecular flexibility index (Phi) is 6.12. The molecule has 1 aromatic heterocycles. The Morgan fingerprint density at radius 2 is 2.00 bits per heavy atom. The summed E-state index contributed by atoms with van der Waals surface area (Å²) >= 11 is 0. The van der Waals surface area contributed by atoms with Crippen LogP contribution in [-0.4, -0.2) is 24.4 Å². The average molecular weight is 266 g/mol. The van der Waals surface area contributed by atoms with Gasteiger partial charge < -0.3 is 15.1 Å². The number of hydrogen-bond acceptors (Lipinski definition) is 3. The zero-order valence-corrected chi connectivity index (χ0v) is 11.7. The summed E-state index contributed by atoms with van der Waals surface area (Å²) in [7, 11) is 0. The Balaban J connectivity index is 2.38. The van der Waals surface area contributed by atoms with E-state index in [1.54, 1.807) is 19.1 Å². The largest absolute Gasteiger partial charge is 0.459 e. The molecule has 1 unspecified atom stereocenters. The monoisotopic (exact) mass is 266 g/mol. The predicted octanol–water partition coefficient (Wildman–Crippen LogP) is 1.95. The second-order valence-corrected chi connectivity index (χ2v) is 4.60.